The number of hydrogen-bond acceptors (Lipinski definition) is 4. The fraction of sp³-hybridized carbons (Fsp3) is 0.471. The van der Waals surface area contributed by atoms with Crippen molar-refractivity contribution >= 4 is 32.9 Å². The van der Waals surface area contributed by atoms with Crippen LogP contribution in [0.5, 0.6) is 0 Å². The van der Waals surface area contributed by atoms with Gasteiger partial charge in [0, 0.05) is 6.54 Å². The summed E-state index contributed by atoms with van der Waals surface area (Å²) in [4.78, 5) is 29.5. The van der Waals surface area contributed by atoms with Gasteiger partial charge in [-0.1, -0.05) is 0 Å². The van der Waals surface area contributed by atoms with E-state index in [0.717, 1.165) is 0 Å². The molecule has 7 nitrogen and oxygen atoms in total. The Kier molecular flexibility index (Phi) is 5.03. The minimum Gasteiger partial charge on any atom is -0.465 e. The van der Waals surface area contributed by atoms with Gasteiger partial charge in [-0.05, 0) is 54.8 Å². The molecule has 1 aliphatic heterocycles. The lowest BCUT2D eigenvalue weighted by molar-refractivity contribution is -0.0421. The van der Waals surface area contributed by atoms with Crippen LogP contribution in [0.25, 0.3) is 10.9 Å². The van der Waals surface area contributed by atoms with Crippen molar-refractivity contribution in [2.45, 2.75) is 45.0 Å². The van der Waals surface area contributed by atoms with Crippen LogP contribution in [-0.4, -0.2) is 44.0 Å². The zero-order chi connectivity index (χ0) is 19.1. The SMILES string of the molecule is CC1(C)OC[C@@H](CCCn2cnc3cc(Br)c(F)cc3c2=O)N1C(=O)O. The summed E-state index contributed by atoms with van der Waals surface area (Å²) in [5, 5.41) is 9.60. The molecule has 0 radical (unpaired) electrons. The van der Waals surface area contributed by atoms with Crippen molar-refractivity contribution < 1.29 is 19.0 Å². The highest BCUT2D eigenvalue weighted by atomic mass is 79.9. The van der Waals surface area contributed by atoms with Crippen LogP contribution in [0.4, 0.5) is 9.18 Å². The third-order valence-corrected chi connectivity index (χ3v) is 5.19. The number of aromatic nitrogens is 2. The van der Waals surface area contributed by atoms with Crippen LogP contribution in [-0.2, 0) is 11.3 Å². The molecule has 1 amide bonds. The van der Waals surface area contributed by atoms with E-state index in [2.05, 4.69) is 20.9 Å². The fourth-order valence-electron chi connectivity index (χ4n) is 3.29. The first-order valence-electron chi connectivity index (χ1n) is 8.21. The van der Waals surface area contributed by atoms with Gasteiger partial charge in [-0.15, -0.1) is 0 Å². The Bertz CT molecular complexity index is 915. The minimum absolute atomic E-state index is 0.214. The summed E-state index contributed by atoms with van der Waals surface area (Å²) in [6.07, 6.45) is 1.52. The summed E-state index contributed by atoms with van der Waals surface area (Å²) >= 11 is 3.08. The molecular weight excluding hydrogens is 409 g/mol. The normalized spacial score (nSPS) is 19.2. The first-order chi connectivity index (χ1) is 12.2. The molecule has 2 aromatic rings. The number of ether oxygens (including phenoxy) is 1. The number of amides is 1. The van der Waals surface area contributed by atoms with Crippen molar-refractivity contribution in [3.63, 3.8) is 0 Å². The monoisotopic (exact) mass is 427 g/mol. The molecule has 1 atom stereocenters. The Morgan fingerprint density at radius 2 is 2.23 bits per heavy atom. The molecule has 1 saturated heterocycles. The molecule has 1 N–H and O–H groups in total. The van der Waals surface area contributed by atoms with Crippen LogP contribution in [0.15, 0.2) is 27.7 Å². The van der Waals surface area contributed by atoms with E-state index in [0.29, 0.717) is 31.5 Å². The Hall–Kier alpha value is -2.00. The molecule has 1 fully saturated rings. The Balaban J connectivity index is 1.73. The summed E-state index contributed by atoms with van der Waals surface area (Å²) in [6.45, 7) is 4.12. The molecule has 1 aromatic carbocycles. The van der Waals surface area contributed by atoms with Gasteiger partial charge in [-0.25, -0.2) is 14.2 Å². The number of benzene rings is 1. The fourth-order valence-corrected chi connectivity index (χ4v) is 3.62. The lowest BCUT2D eigenvalue weighted by Crippen LogP contribution is -2.47. The molecule has 3 rings (SSSR count). The van der Waals surface area contributed by atoms with Crippen molar-refractivity contribution in [3.05, 3.63) is 39.1 Å². The zero-order valence-electron chi connectivity index (χ0n) is 14.4. The lowest BCUT2D eigenvalue weighted by Gasteiger charge is -2.30. The first kappa shape index (κ1) is 18.8. The first-order valence-corrected chi connectivity index (χ1v) is 9.00. The van der Waals surface area contributed by atoms with Gasteiger partial charge in [0.25, 0.3) is 5.56 Å². The van der Waals surface area contributed by atoms with Crippen molar-refractivity contribution in [1.82, 2.24) is 14.5 Å². The molecule has 140 valence electrons. The Labute approximate surface area is 157 Å². The van der Waals surface area contributed by atoms with Gasteiger partial charge in [0.15, 0.2) is 0 Å². The second kappa shape index (κ2) is 6.96. The lowest BCUT2D eigenvalue weighted by atomic mass is 10.1. The van der Waals surface area contributed by atoms with Gasteiger partial charge in [-0.3, -0.25) is 14.3 Å². The Morgan fingerprint density at radius 1 is 1.50 bits per heavy atom. The summed E-state index contributed by atoms with van der Waals surface area (Å²) in [6, 6.07) is 2.38. The molecule has 26 heavy (non-hydrogen) atoms. The average Bonchev–Trinajstić information content (AvgIpc) is 2.86. The van der Waals surface area contributed by atoms with Gasteiger partial charge in [0.2, 0.25) is 0 Å². The van der Waals surface area contributed by atoms with E-state index in [1.54, 1.807) is 13.8 Å². The summed E-state index contributed by atoms with van der Waals surface area (Å²) in [5.41, 5.74) is -0.759. The number of rotatable bonds is 4. The third-order valence-electron chi connectivity index (χ3n) is 4.58. The number of carbonyl (C=O) groups is 1. The Morgan fingerprint density at radius 3 is 2.92 bits per heavy atom. The smallest absolute Gasteiger partial charge is 0.409 e. The summed E-state index contributed by atoms with van der Waals surface area (Å²) in [7, 11) is 0. The highest BCUT2D eigenvalue weighted by molar-refractivity contribution is 9.10. The van der Waals surface area contributed by atoms with E-state index in [1.165, 1.54) is 27.9 Å². The van der Waals surface area contributed by atoms with Crippen LogP contribution in [0, 0.1) is 5.82 Å². The number of halogens is 2. The van der Waals surface area contributed by atoms with Crippen molar-refractivity contribution in [2.24, 2.45) is 0 Å². The maximum Gasteiger partial charge on any atom is 0.409 e. The largest absolute Gasteiger partial charge is 0.465 e. The van der Waals surface area contributed by atoms with E-state index >= 15 is 0 Å². The van der Waals surface area contributed by atoms with Gasteiger partial charge < -0.3 is 9.84 Å². The summed E-state index contributed by atoms with van der Waals surface area (Å²) < 4.78 is 20.9. The van der Waals surface area contributed by atoms with E-state index in [9.17, 15) is 19.1 Å². The number of carboxylic acid groups (broad SMARTS) is 1. The molecule has 0 spiro atoms. The predicted molar refractivity (Wildman–Crippen MR) is 96.6 cm³/mol. The number of hydrogen-bond donors (Lipinski definition) is 1. The third kappa shape index (κ3) is 3.45. The average molecular weight is 428 g/mol. The van der Waals surface area contributed by atoms with Crippen LogP contribution < -0.4 is 5.56 Å². The quantitative estimate of drug-likeness (QED) is 0.809. The molecule has 2 heterocycles. The molecule has 0 bridgehead atoms. The highest BCUT2D eigenvalue weighted by Crippen LogP contribution is 2.29. The van der Waals surface area contributed by atoms with Gasteiger partial charge in [0.1, 0.15) is 11.5 Å². The maximum absolute atomic E-state index is 13.7. The second-order valence-electron chi connectivity index (χ2n) is 6.73. The highest BCUT2D eigenvalue weighted by Gasteiger charge is 2.43. The summed E-state index contributed by atoms with van der Waals surface area (Å²) in [5.74, 6) is -0.517. The molecule has 0 unspecified atom stereocenters. The van der Waals surface area contributed by atoms with E-state index < -0.39 is 17.6 Å². The van der Waals surface area contributed by atoms with Crippen molar-refractivity contribution in [1.29, 1.82) is 0 Å². The van der Waals surface area contributed by atoms with E-state index in [4.69, 9.17) is 4.74 Å². The van der Waals surface area contributed by atoms with Crippen molar-refractivity contribution in [3.8, 4) is 0 Å². The van der Waals surface area contributed by atoms with Gasteiger partial charge in [-0.2, -0.15) is 0 Å². The zero-order valence-corrected chi connectivity index (χ0v) is 16.0. The van der Waals surface area contributed by atoms with Crippen molar-refractivity contribution in [2.75, 3.05) is 6.61 Å². The number of nitrogens with zero attached hydrogens (tertiary/aromatic N) is 3. The van der Waals surface area contributed by atoms with E-state index in [1.807, 2.05) is 0 Å². The number of fused-ring (bicyclic) bond motifs is 1. The molecule has 1 aromatic heterocycles. The van der Waals surface area contributed by atoms with Crippen LogP contribution in [0.2, 0.25) is 0 Å². The topological polar surface area (TPSA) is 84.7 Å². The molecular formula is C17H19BrFN3O4. The number of aryl methyl sites for hydroxylation is 1. The van der Waals surface area contributed by atoms with Crippen LogP contribution in [0.3, 0.4) is 0 Å². The maximum atomic E-state index is 13.7. The van der Waals surface area contributed by atoms with Crippen LogP contribution in [0.1, 0.15) is 26.7 Å². The van der Waals surface area contributed by atoms with Gasteiger partial charge in [0.05, 0.1) is 34.4 Å². The molecule has 0 aliphatic carbocycles. The second-order valence-corrected chi connectivity index (χ2v) is 7.59. The standard InChI is InChI=1S/C17H19BrFN3O4/c1-17(2)22(16(24)25)10(8-26-17)4-3-5-21-9-20-14-7-12(18)13(19)6-11(14)15(21)23/h6-7,9-10H,3-5,8H2,1-2H3,(H,24,25)/t10-/m1/s1. The minimum atomic E-state index is -1.02. The molecule has 1 aliphatic rings. The predicted octanol–water partition coefficient (Wildman–Crippen LogP) is 3.19. The molecule has 9 heteroatoms. The van der Waals surface area contributed by atoms with Crippen LogP contribution >= 0.6 is 15.9 Å². The van der Waals surface area contributed by atoms with E-state index in [-0.39, 0.29) is 21.5 Å². The molecule has 0 saturated carbocycles. The van der Waals surface area contributed by atoms with Gasteiger partial charge >= 0.3 is 6.09 Å².